The van der Waals surface area contributed by atoms with Crippen molar-refractivity contribution in [1.29, 1.82) is 0 Å². The molecule has 0 saturated carbocycles. The van der Waals surface area contributed by atoms with Crippen LogP contribution in [-0.2, 0) is 10.0 Å². The first kappa shape index (κ1) is 17.2. The number of nitrogens with one attached hydrogen (secondary N) is 1. The van der Waals surface area contributed by atoms with Crippen molar-refractivity contribution in [2.45, 2.75) is 4.90 Å². The van der Waals surface area contributed by atoms with E-state index in [1.807, 2.05) is 0 Å². The number of hydrogen-bond donors (Lipinski definition) is 1. The van der Waals surface area contributed by atoms with Crippen LogP contribution in [-0.4, -0.2) is 64.5 Å². The number of benzene rings is 1. The fourth-order valence-corrected chi connectivity index (χ4v) is 3.83. The SMILES string of the molecule is CN1CCN(CCNS(=O)(=O)c2ccc(Cl)c(Br)c2)CC1. The van der Waals surface area contributed by atoms with E-state index in [2.05, 4.69) is 37.5 Å². The number of nitrogens with zero attached hydrogens (tertiary/aromatic N) is 2. The molecule has 1 saturated heterocycles. The monoisotopic (exact) mass is 395 g/mol. The van der Waals surface area contributed by atoms with Gasteiger partial charge in [0.05, 0.1) is 9.92 Å². The zero-order valence-electron chi connectivity index (χ0n) is 11.8. The molecule has 1 heterocycles. The van der Waals surface area contributed by atoms with Gasteiger partial charge in [-0.3, -0.25) is 4.90 Å². The molecule has 118 valence electrons. The Morgan fingerprint density at radius 1 is 1.29 bits per heavy atom. The third-order valence-electron chi connectivity index (χ3n) is 3.52. The van der Waals surface area contributed by atoms with Gasteiger partial charge < -0.3 is 4.90 Å². The molecule has 0 atom stereocenters. The number of halogens is 2. The van der Waals surface area contributed by atoms with Crippen molar-refractivity contribution in [2.24, 2.45) is 0 Å². The van der Waals surface area contributed by atoms with Crippen LogP contribution in [0.5, 0.6) is 0 Å². The fourth-order valence-electron chi connectivity index (χ4n) is 2.14. The van der Waals surface area contributed by atoms with Gasteiger partial charge in [0.25, 0.3) is 0 Å². The first-order valence-corrected chi connectivity index (χ1v) is 9.39. The Morgan fingerprint density at radius 3 is 2.57 bits per heavy atom. The summed E-state index contributed by atoms with van der Waals surface area (Å²) in [6.45, 7) is 5.14. The van der Waals surface area contributed by atoms with Crippen molar-refractivity contribution in [3.05, 3.63) is 27.7 Å². The number of likely N-dealkylation sites (N-methyl/N-ethyl adjacent to an activating group) is 1. The van der Waals surface area contributed by atoms with Crippen LogP contribution >= 0.6 is 27.5 Å². The first-order valence-electron chi connectivity index (χ1n) is 6.74. The molecule has 1 N–H and O–H groups in total. The lowest BCUT2D eigenvalue weighted by atomic mass is 10.3. The maximum absolute atomic E-state index is 12.2. The molecule has 21 heavy (non-hydrogen) atoms. The average Bonchev–Trinajstić information content (AvgIpc) is 2.44. The molecule has 0 aliphatic carbocycles. The van der Waals surface area contributed by atoms with Crippen molar-refractivity contribution < 1.29 is 8.42 Å². The molecule has 0 amide bonds. The van der Waals surface area contributed by atoms with Gasteiger partial charge in [0.1, 0.15) is 0 Å². The Balaban J connectivity index is 1.88. The van der Waals surface area contributed by atoms with Crippen LogP contribution in [0.25, 0.3) is 0 Å². The molecular weight excluding hydrogens is 378 g/mol. The summed E-state index contributed by atoms with van der Waals surface area (Å²) >= 11 is 9.11. The maximum Gasteiger partial charge on any atom is 0.240 e. The fraction of sp³-hybridized carbons (Fsp3) is 0.538. The highest BCUT2D eigenvalue weighted by atomic mass is 79.9. The maximum atomic E-state index is 12.2. The molecule has 0 spiro atoms. The summed E-state index contributed by atoms with van der Waals surface area (Å²) in [5.74, 6) is 0. The topological polar surface area (TPSA) is 52.6 Å². The third kappa shape index (κ3) is 4.91. The molecule has 0 aromatic heterocycles. The van der Waals surface area contributed by atoms with E-state index in [4.69, 9.17) is 11.6 Å². The average molecular weight is 397 g/mol. The van der Waals surface area contributed by atoms with E-state index in [1.165, 1.54) is 12.1 Å². The summed E-state index contributed by atoms with van der Waals surface area (Å²) in [5, 5.41) is 0.492. The van der Waals surface area contributed by atoms with E-state index in [0.29, 0.717) is 16.0 Å². The van der Waals surface area contributed by atoms with E-state index >= 15 is 0 Å². The molecule has 2 rings (SSSR count). The summed E-state index contributed by atoms with van der Waals surface area (Å²) in [5.41, 5.74) is 0. The van der Waals surface area contributed by atoms with Gasteiger partial charge in [0.2, 0.25) is 10.0 Å². The van der Waals surface area contributed by atoms with Crippen LogP contribution in [0.15, 0.2) is 27.6 Å². The largest absolute Gasteiger partial charge is 0.304 e. The van der Waals surface area contributed by atoms with Gasteiger partial charge >= 0.3 is 0 Å². The molecule has 8 heteroatoms. The Labute approximate surface area is 139 Å². The molecule has 5 nitrogen and oxygen atoms in total. The Hall–Kier alpha value is -0.180. The summed E-state index contributed by atoms with van der Waals surface area (Å²) in [6.07, 6.45) is 0. The van der Waals surface area contributed by atoms with Crippen LogP contribution < -0.4 is 4.72 Å². The van der Waals surface area contributed by atoms with Crippen molar-refractivity contribution in [3.8, 4) is 0 Å². The van der Waals surface area contributed by atoms with Crippen molar-refractivity contribution in [2.75, 3.05) is 46.3 Å². The minimum atomic E-state index is -3.49. The second-order valence-corrected chi connectivity index (χ2v) is 8.15. The van der Waals surface area contributed by atoms with E-state index < -0.39 is 10.0 Å². The molecular formula is C13H19BrClN3O2S. The zero-order valence-corrected chi connectivity index (χ0v) is 15.0. The van der Waals surface area contributed by atoms with Gasteiger partial charge in [-0.2, -0.15) is 0 Å². The summed E-state index contributed by atoms with van der Waals surface area (Å²) in [7, 11) is -1.39. The number of piperazine rings is 1. The lowest BCUT2D eigenvalue weighted by Gasteiger charge is -2.32. The van der Waals surface area contributed by atoms with Crippen LogP contribution in [0.1, 0.15) is 0 Å². The van der Waals surface area contributed by atoms with Crippen molar-refractivity contribution in [1.82, 2.24) is 14.5 Å². The summed E-state index contributed by atoms with van der Waals surface area (Å²) in [4.78, 5) is 4.75. The van der Waals surface area contributed by atoms with Crippen LogP contribution in [0.2, 0.25) is 5.02 Å². The number of rotatable bonds is 5. The zero-order chi connectivity index (χ0) is 15.5. The molecule has 1 aromatic rings. The van der Waals surface area contributed by atoms with Gasteiger partial charge in [-0.25, -0.2) is 13.1 Å². The van der Waals surface area contributed by atoms with Gasteiger partial charge in [-0.1, -0.05) is 11.6 Å². The van der Waals surface area contributed by atoms with E-state index in [9.17, 15) is 8.42 Å². The molecule has 0 radical (unpaired) electrons. The Kier molecular flexibility index (Phi) is 6.05. The van der Waals surface area contributed by atoms with Crippen LogP contribution in [0.3, 0.4) is 0 Å². The molecule has 1 aliphatic heterocycles. The summed E-state index contributed by atoms with van der Waals surface area (Å²) < 4.78 is 27.6. The van der Waals surface area contributed by atoms with Crippen molar-refractivity contribution >= 4 is 37.6 Å². The van der Waals surface area contributed by atoms with Crippen molar-refractivity contribution in [3.63, 3.8) is 0 Å². The molecule has 1 fully saturated rings. The van der Waals surface area contributed by atoms with E-state index in [1.54, 1.807) is 6.07 Å². The van der Waals surface area contributed by atoms with E-state index in [0.717, 1.165) is 32.7 Å². The highest BCUT2D eigenvalue weighted by Gasteiger charge is 2.17. The Bertz CT molecular complexity index is 589. The molecule has 1 aliphatic rings. The smallest absolute Gasteiger partial charge is 0.240 e. The molecule has 1 aromatic carbocycles. The number of hydrogen-bond acceptors (Lipinski definition) is 4. The van der Waals surface area contributed by atoms with Gasteiger partial charge in [0, 0.05) is 43.7 Å². The Morgan fingerprint density at radius 2 is 1.95 bits per heavy atom. The standard InChI is InChI=1S/C13H19BrClN3O2S/c1-17-6-8-18(9-7-17)5-4-16-21(19,20)11-2-3-13(15)12(14)10-11/h2-3,10,16H,4-9H2,1H3. The lowest BCUT2D eigenvalue weighted by Crippen LogP contribution is -2.46. The van der Waals surface area contributed by atoms with Crippen LogP contribution in [0, 0.1) is 0 Å². The first-order chi connectivity index (χ1) is 9.88. The predicted molar refractivity (Wildman–Crippen MR) is 88.3 cm³/mol. The molecule has 0 unspecified atom stereocenters. The number of sulfonamides is 1. The van der Waals surface area contributed by atoms with Gasteiger partial charge in [0.15, 0.2) is 0 Å². The molecule has 0 bridgehead atoms. The summed E-state index contributed by atoms with van der Waals surface area (Å²) in [6, 6.07) is 4.59. The second-order valence-electron chi connectivity index (χ2n) is 5.12. The minimum absolute atomic E-state index is 0.220. The van der Waals surface area contributed by atoms with E-state index in [-0.39, 0.29) is 4.90 Å². The normalized spacial score (nSPS) is 18.0. The predicted octanol–water partition coefficient (Wildman–Crippen LogP) is 1.63. The van der Waals surface area contributed by atoms with Gasteiger partial charge in [-0.05, 0) is 41.2 Å². The lowest BCUT2D eigenvalue weighted by molar-refractivity contribution is 0.156. The van der Waals surface area contributed by atoms with Crippen LogP contribution in [0.4, 0.5) is 0 Å². The van der Waals surface area contributed by atoms with Gasteiger partial charge in [-0.15, -0.1) is 0 Å². The minimum Gasteiger partial charge on any atom is -0.304 e. The third-order valence-corrected chi connectivity index (χ3v) is 6.19. The highest BCUT2D eigenvalue weighted by Crippen LogP contribution is 2.25. The quantitative estimate of drug-likeness (QED) is 0.822. The highest BCUT2D eigenvalue weighted by molar-refractivity contribution is 9.10. The second kappa shape index (κ2) is 7.39.